The molecular weight excluding hydrogens is 225 g/mol. The number of carbonyl (C=O) groups excluding carboxylic acids is 2. The molecule has 0 atom stereocenters. The van der Waals surface area contributed by atoms with Crippen LogP contribution in [0.3, 0.4) is 0 Å². The number of methoxy groups -OCH3 is 1. The molecule has 1 aromatic carbocycles. The van der Waals surface area contributed by atoms with Crippen molar-refractivity contribution in [2.24, 2.45) is 0 Å². The molecule has 0 radical (unpaired) electrons. The predicted molar refractivity (Wildman–Crippen MR) is 60.6 cm³/mol. The molecule has 0 unspecified atom stereocenters. The summed E-state index contributed by atoms with van der Waals surface area (Å²) in [5.74, 6) is -0.838. The first-order chi connectivity index (χ1) is 8.08. The van der Waals surface area contributed by atoms with E-state index in [0.29, 0.717) is 12.2 Å². The molecule has 1 rings (SSSR count). The molecule has 92 valence electrons. The number of ketones is 1. The van der Waals surface area contributed by atoms with E-state index in [-0.39, 0.29) is 23.8 Å². The van der Waals surface area contributed by atoms with Gasteiger partial charge in [-0.25, -0.2) is 4.39 Å². The normalized spacial score (nSPS) is 9.82. The summed E-state index contributed by atoms with van der Waals surface area (Å²) in [5, 5.41) is 2.43. The van der Waals surface area contributed by atoms with Gasteiger partial charge in [0, 0.05) is 6.42 Å². The molecular formula is C12H14FNO3. The Morgan fingerprint density at radius 1 is 1.41 bits per heavy atom. The van der Waals surface area contributed by atoms with Gasteiger partial charge in [-0.05, 0) is 18.2 Å². The highest BCUT2D eigenvalue weighted by Crippen LogP contribution is 2.19. The fraction of sp³-hybridized carbons (Fsp3) is 0.333. The second-order valence-corrected chi connectivity index (χ2v) is 3.40. The Morgan fingerprint density at radius 3 is 2.71 bits per heavy atom. The molecule has 1 aromatic rings. The minimum absolute atomic E-state index is 0.129. The summed E-state index contributed by atoms with van der Waals surface area (Å²) in [4.78, 5) is 22.7. The van der Waals surface area contributed by atoms with Crippen LogP contribution < -0.4 is 10.1 Å². The van der Waals surface area contributed by atoms with Crippen LogP contribution in [-0.4, -0.2) is 25.3 Å². The molecule has 0 saturated carbocycles. The van der Waals surface area contributed by atoms with Crippen LogP contribution in [0.1, 0.15) is 23.7 Å². The fourth-order valence-corrected chi connectivity index (χ4v) is 1.30. The summed E-state index contributed by atoms with van der Waals surface area (Å²) in [5.41, 5.74) is 0.129. The number of hydrogen-bond donors (Lipinski definition) is 1. The highest BCUT2D eigenvalue weighted by Gasteiger charge is 2.13. The number of benzene rings is 1. The van der Waals surface area contributed by atoms with Gasteiger partial charge >= 0.3 is 0 Å². The Hall–Kier alpha value is -1.91. The molecule has 1 N–H and O–H groups in total. The molecule has 0 aliphatic heterocycles. The summed E-state index contributed by atoms with van der Waals surface area (Å²) < 4.78 is 18.0. The van der Waals surface area contributed by atoms with Gasteiger partial charge in [-0.1, -0.05) is 6.92 Å². The van der Waals surface area contributed by atoms with Gasteiger partial charge in [0.25, 0.3) is 0 Å². The highest BCUT2D eigenvalue weighted by molar-refractivity contribution is 6.01. The molecule has 17 heavy (non-hydrogen) atoms. The van der Waals surface area contributed by atoms with E-state index in [4.69, 9.17) is 4.74 Å². The van der Waals surface area contributed by atoms with Crippen molar-refractivity contribution in [2.45, 2.75) is 13.3 Å². The summed E-state index contributed by atoms with van der Waals surface area (Å²) in [6.45, 7) is 1.52. The smallest absolute Gasteiger partial charge is 0.220 e. The van der Waals surface area contributed by atoms with Gasteiger partial charge in [0.2, 0.25) is 5.91 Å². The van der Waals surface area contributed by atoms with Gasteiger partial charge in [-0.2, -0.15) is 0 Å². The first kappa shape index (κ1) is 13.2. The van der Waals surface area contributed by atoms with E-state index in [1.807, 2.05) is 0 Å². The average Bonchev–Trinajstić information content (AvgIpc) is 2.35. The summed E-state index contributed by atoms with van der Waals surface area (Å²) >= 11 is 0. The zero-order chi connectivity index (χ0) is 12.8. The minimum Gasteiger partial charge on any atom is -0.496 e. The molecule has 0 aliphatic rings. The number of amides is 1. The molecule has 0 aliphatic carbocycles. The van der Waals surface area contributed by atoms with Crippen LogP contribution in [0.15, 0.2) is 18.2 Å². The second kappa shape index (κ2) is 5.98. The third kappa shape index (κ3) is 3.55. The molecule has 4 nitrogen and oxygen atoms in total. The van der Waals surface area contributed by atoms with Crippen LogP contribution in [-0.2, 0) is 4.79 Å². The van der Waals surface area contributed by atoms with Gasteiger partial charge in [0.1, 0.15) is 11.6 Å². The van der Waals surface area contributed by atoms with E-state index in [9.17, 15) is 14.0 Å². The fourth-order valence-electron chi connectivity index (χ4n) is 1.30. The number of Topliss-reactive ketones (excluding diaryl/α,β-unsaturated/α-hetero) is 1. The van der Waals surface area contributed by atoms with E-state index in [2.05, 4.69) is 5.32 Å². The lowest BCUT2D eigenvalue weighted by Gasteiger charge is -2.08. The Morgan fingerprint density at radius 2 is 2.12 bits per heavy atom. The van der Waals surface area contributed by atoms with Gasteiger partial charge < -0.3 is 10.1 Å². The number of hydrogen-bond acceptors (Lipinski definition) is 3. The Labute approximate surface area is 98.8 Å². The highest BCUT2D eigenvalue weighted by atomic mass is 19.1. The lowest BCUT2D eigenvalue weighted by molar-refractivity contribution is -0.120. The van der Waals surface area contributed by atoms with Crippen LogP contribution in [0, 0.1) is 5.82 Å². The average molecular weight is 239 g/mol. The van der Waals surface area contributed by atoms with Crippen LogP contribution in [0.5, 0.6) is 5.75 Å². The maximum absolute atomic E-state index is 13.0. The molecule has 5 heteroatoms. The Balaban J connectivity index is 2.80. The van der Waals surface area contributed by atoms with Crippen molar-refractivity contribution in [3.8, 4) is 5.75 Å². The van der Waals surface area contributed by atoms with Crippen molar-refractivity contribution in [2.75, 3.05) is 13.7 Å². The number of carbonyl (C=O) groups is 2. The van der Waals surface area contributed by atoms with Crippen LogP contribution in [0.25, 0.3) is 0 Å². The molecule has 0 fully saturated rings. The van der Waals surface area contributed by atoms with Crippen molar-refractivity contribution in [1.82, 2.24) is 5.32 Å². The Kier molecular flexibility index (Phi) is 4.63. The van der Waals surface area contributed by atoms with Crippen LogP contribution in [0.2, 0.25) is 0 Å². The number of nitrogens with one attached hydrogen (secondary N) is 1. The minimum atomic E-state index is -0.518. The number of halogens is 1. The molecule has 0 saturated heterocycles. The zero-order valence-electron chi connectivity index (χ0n) is 9.75. The zero-order valence-corrected chi connectivity index (χ0v) is 9.75. The number of rotatable bonds is 5. The van der Waals surface area contributed by atoms with Crippen molar-refractivity contribution >= 4 is 11.7 Å². The lowest BCUT2D eigenvalue weighted by atomic mass is 10.1. The molecule has 0 aromatic heterocycles. The quantitative estimate of drug-likeness (QED) is 0.793. The Bertz CT molecular complexity index is 432. The standard InChI is InChI=1S/C12H14FNO3/c1-3-12(16)14-7-10(15)9-6-8(13)4-5-11(9)17-2/h4-6H,3,7H2,1-2H3,(H,14,16). The third-order valence-corrected chi connectivity index (χ3v) is 2.23. The molecule has 0 spiro atoms. The molecule has 0 heterocycles. The van der Waals surface area contributed by atoms with E-state index < -0.39 is 5.82 Å². The first-order valence-electron chi connectivity index (χ1n) is 5.22. The maximum atomic E-state index is 13.0. The van der Waals surface area contributed by atoms with Crippen LogP contribution >= 0.6 is 0 Å². The predicted octanol–water partition coefficient (Wildman–Crippen LogP) is 1.54. The van der Waals surface area contributed by atoms with Gasteiger partial charge in [-0.3, -0.25) is 9.59 Å². The summed E-state index contributed by atoms with van der Waals surface area (Å²) in [6, 6.07) is 3.68. The SMILES string of the molecule is CCC(=O)NCC(=O)c1cc(F)ccc1OC. The van der Waals surface area contributed by atoms with Gasteiger partial charge in [0.15, 0.2) is 5.78 Å². The van der Waals surface area contributed by atoms with Crippen molar-refractivity contribution in [3.05, 3.63) is 29.6 Å². The van der Waals surface area contributed by atoms with Gasteiger partial charge in [-0.15, -0.1) is 0 Å². The largest absolute Gasteiger partial charge is 0.496 e. The van der Waals surface area contributed by atoms with E-state index in [0.717, 1.165) is 6.07 Å². The van der Waals surface area contributed by atoms with Crippen LogP contribution in [0.4, 0.5) is 4.39 Å². The topological polar surface area (TPSA) is 55.4 Å². The molecule has 1 amide bonds. The number of ether oxygens (including phenoxy) is 1. The van der Waals surface area contributed by atoms with Crippen molar-refractivity contribution in [3.63, 3.8) is 0 Å². The monoisotopic (exact) mass is 239 g/mol. The summed E-state index contributed by atoms with van der Waals surface area (Å²) in [7, 11) is 1.40. The lowest BCUT2D eigenvalue weighted by Crippen LogP contribution is -2.29. The van der Waals surface area contributed by atoms with Crippen molar-refractivity contribution in [1.29, 1.82) is 0 Å². The van der Waals surface area contributed by atoms with E-state index in [1.54, 1.807) is 6.92 Å². The van der Waals surface area contributed by atoms with Crippen molar-refractivity contribution < 1.29 is 18.7 Å². The first-order valence-corrected chi connectivity index (χ1v) is 5.22. The third-order valence-electron chi connectivity index (χ3n) is 2.23. The van der Waals surface area contributed by atoms with E-state index >= 15 is 0 Å². The van der Waals surface area contributed by atoms with Gasteiger partial charge in [0.05, 0.1) is 19.2 Å². The maximum Gasteiger partial charge on any atom is 0.220 e. The second-order valence-electron chi connectivity index (χ2n) is 3.40. The summed E-state index contributed by atoms with van der Waals surface area (Å²) in [6.07, 6.45) is 0.299. The molecule has 0 bridgehead atoms. The van der Waals surface area contributed by atoms with E-state index in [1.165, 1.54) is 19.2 Å².